The Hall–Kier alpha value is -1.30. The molecule has 1 aliphatic rings. The molecule has 104 valence electrons. The average Bonchev–Trinajstić information content (AvgIpc) is 2.69. The summed E-state index contributed by atoms with van der Waals surface area (Å²) in [4.78, 5) is 26.2. The molecule has 2 atom stereocenters. The molecule has 1 rings (SSSR count). The van der Waals surface area contributed by atoms with E-state index in [1.807, 2.05) is 20.8 Å². The van der Waals surface area contributed by atoms with Gasteiger partial charge in [0.1, 0.15) is 6.04 Å². The van der Waals surface area contributed by atoms with Gasteiger partial charge in [0.2, 0.25) is 0 Å². The average molecular weight is 258 g/mol. The molecule has 0 aliphatic carbocycles. The molecule has 0 aromatic rings. The molecule has 0 bridgehead atoms. The second-order valence-electron chi connectivity index (χ2n) is 5.40. The summed E-state index contributed by atoms with van der Waals surface area (Å²) in [5.41, 5.74) is -0.340. The predicted molar refractivity (Wildman–Crippen MR) is 66.3 cm³/mol. The first-order chi connectivity index (χ1) is 8.20. The van der Waals surface area contributed by atoms with E-state index in [9.17, 15) is 14.7 Å². The molecule has 2 amide bonds. The van der Waals surface area contributed by atoms with Gasteiger partial charge in [0.05, 0.1) is 6.10 Å². The number of amides is 2. The van der Waals surface area contributed by atoms with Crippen LogP contribution in [0.25, 0.3) is 0 Å². The minimum Gasteiger partial charge on any atom is -0.480 e. The first kappa shape index (κ1) is 14.8. The first-order valence-corrected chi connectivity index (χ1v) is 6.16. The number of aliphatic carboxylic acids is 1. The maximum atomic E-state index is 12.3. The SMILES string of the molecule is CCC(C)(C)N(C)C(=O)N1CC(O)C[C@H]1C(=O)O. The smallest absolute Gasteiger partial charge is 0.326 e. The van der Waals surface area contributed by atoms with Crippen LogP contribution in [0, 0.1) is 0 Å². The molecule has 0 spiro atoms. The van der Waals surface area contributed by atoms with Crippen molar-refractivity contribution in [3.05, 3.63) is 0 Å². The zero-order valence-corrected chi connectivity index (χ0v) is 11.4. The van der Waals surface area contributed by atoms with Crippen molar-refractivity contribution in [2.24, 2.45) is 0 Å². The van der Waals surface area contributed by atoms with Crippen LogP contribution in [0.1, 0.15) is 33.6 Å². The summed E-state index contributed by atoms with van der Waals surface area (Å²) in [6.07, 6.45) is 0.110. The van der Waals surface area contributed by atoms with E-state index in [1.165, 1.54) is 4.90 Å². The number of nitrogens with zero attached hydrogens (tertiary/aromatic N) is 2. The summed E-state index contributed by atoms with van der Waals surface area (Å²) in [5, 5.41) is 18.6. The van der Waals surface area contributed by atoms with Crippen molar-refractivity contribution < 1.29 is 19.8 Å². The summed E-state index contributed by atoms with van der Waals surface area (Å²) in [6.45, 7) is 5.90. The molecule has 1 saturated heterocycles. The number of aliphatic hydroxyl groups is 1. The van der Waals surface area contributed by atoms with Crippen LogP contribution in [0.4, 0.5) is 4.79 Å². The van der Waals surface area contributed by atoms with Crippen molar-refractivity contribution >= 4 is 12.0 Å². The largest absolute Gasteiger partial charge is 0.480 e. The van der Waals surface area contributed by atoms with Crippen LogP contribution >= 0.6 is 0 Å². The molecule has 1 aliphatic heterocycles. The van der Waals surface area contributed by atoms with E-state index in [1.54, 1.807) is 11.9 Å². The monoisotopic (exact) mass is 258 g/mol. The predicted octanol–water partition coefficient (Wildman–Crippen LogP) is 0.747. The number of rotatable bonds is 3. The van der Waals surface area contributed by atoms with Gasteiger partial charge in [-0.3, -0.25) is 0 Å². The van der Waals surface area contributed by atoms with E-state index in [-0.39, 0.29) is 24.5 Å². The van der Waals surface area contributed by atoms with E-state index >= 15 is 0 Å². The molecular formula is C12H22N2O4. The molecule has 1 unspecified atom stereocenters. The molecule has 1 heterocycles. The highest BCUT2D eigenvalue weighted by Crippen LogP contribution is 2.24. The molecule has 2 N–H and O–H groups in total. The number of carbonyl (C=O) groups excluding carboxylic acids is 1. The van der Waals surface area contributed by atoms with Crippen molar-refractivity contribution in [2.45, 2.75) is 51.3 Å². The molecule has 0 aromatic heterocycles. The standard InChI is InChI=1S/C12H22N2O4/c1-5-12(2,3)13(4)11(18)14-7-8(15)6-9(14)10(16)17/h8-9,15H,5-7H2,1-4H3,(H,16,17)/t8?,9-/m0/s1. The van der Waals surface area contributed by atoms with Gasteiger partial charge >= 0.3 is 12.0 Å². The van der Waals surface area contributed by atoms with Crippen LogP contribution in [0.2, 0.25) is 0 Å². The Labute approximate surface area is 107 Å². The van der Waals surface area contributed by atoms with Gasteiger partial charge in [0.15, 0.2) is 0 Å². The summed E-state index contributed by atoms with van der Waals surface area (Å²) in [6, 6.07) is -1.27. The van der Waals surface area contributed by atoms with Crippen LogP contribution in [0.3, 0.4) is 0 Å². The zero-order chi connectivity index (χ0) is 14.1. The van der Waals surface area contributed by atoms with Crippen molar-refractivity contribution in [2.75, 3.05) is 13.6 Å². The van der Waals surface area contributed by atoms with Crippen LogP contribution < -0.4 is 0 Å². The molecule has 6 heteroatoms. The third-order valence-electron chi connectivity index (χ3n) is 3.87. The molecule has 0 saturated carbocycles. The Bertz CT molecular complexity index is 343. The maximum absolute atomic E-state index is 12.3. The normalized spacial score (nSPS) is 24.2. The highest BCUT2D eigenvalue weighted by molar-refractivity contribution is 5.83. The number of β-amino-alcohol motifs (C(OH)–C–C–N with tert-alkyl or cyclic N) is 1. The van der Waals surface area contributed by atoms with Crippen LogP contribution in [-0.2, 0) is 4.79 Å². The van der Waals surface area contributed by atoms with Crippen molar-refractivity contribution in [1.29, 1.82) is 0 Å². The Morgan fingerprint density at radius 3 is 2.44 bits per heavy atom. The molecule has 1 fully saturated rings. The number of aliphatic hydroxyl groups excluding tert-OH is 1. The summed E-state index contributed by atoms with van der Waals surface area (Å²) in [7, 11) is 1.66. The minimum atomic E-state index is -1.07. The summed E-state index contributed by atoms with van der Waals surface area (Å²) >= 11 is 0. The Balaban J connectivity index is 2.86. The van der Waals surface area contributed by atoms with E-state index in [0.717, 1.165) is 6.42 Å². The lowest BCUT2D eigenvalue weighted by Crippen LogP contribution is -2.53. The van der Waals surface area contributed by atoms with Crippen molar-refractivity contribution in [3.8, 4) is 0 Å². The minimum absolute atomic E-state index is 0.0833. The zero-order valence-electron chi connectivity index (χ0n) is 11.4. The van der Waals surface area contributed by atoms with Gasteiger partial charge in [0, 0.05) is 25.6 Å². The highest BCUT2D eigenvalue weighted by atomic mass is 16.4. The number of carboxylic acids is 1. The van der Waals surface area contributed by atoms with E-state index in [4.69, 9.17) is 5.11 Å². The van der Waals surface area contributed by atoms with E-state index in [0.29, 0.717) is 0 Å². The van der Waals surface area contributed by atoms with Gasteiger partial charge in [-0.15, -0.1) is 0 Å². The maximum Gasteiger partial charge on any atom is 0.326 e. The number of carbonyl (C=O) groups is 2. The van der Waals surface area contributed by atoms with Crippen LogP contribution in [0.5, 0.6) is 0 Å². The number of hydrogen-bond acceptors (Lipinski definition) is 3. The fourth-order valence-corrected chi connectivity index (χ4v) is 1.95. The van der Waals surface area contributed by atoms with Gasteiger partial charge in [0.25, 0.3) is 0 Å². The van der Waals surface area contributed by atoms with Gasteiger partial charge in [-0.25, -0.2) is 9.59 Å². The summed E-state index contributed by atoms with van der Waals surface area (Å²) < 4.78 is 0. The number of urea groups is 1. The quantitative estimate of drug-likeness (QED) is 0.782. The number of likely N-dealkylation sites (tertiary alicyclic amines) is 1. The first-order valence-electron chi connectivity index (χ1n) is 6.16. The number of carboxylic acid groups (broad SMARTS) is 1. The van der Waals surface area contributed by atoms with Gasteiger partial charge < -0.3 is 20.0 Å². The van der Waals surface area contributed by atoms with Gasteiger partial charge in [-0.2, -0.15) is 0 Å². The summed E-state index contributed by atoms with van der Waals surface area (Å²) in [5.74, 6) is -1.07. The van der Waals surface area contributed by atoms with Crippen LogP contribution in [0.15, 0.2) is 0 Å². The van der Waals surface area contributed by atoms with Gasteiger partial charge in [-0.05, 0) is 20.3 Å². The van der Waals surface area contributed by atoms with E-state index in [2.05, 4.69) is 0 Å². The second kappa shape index (κ2) is 5.14. The molecule has 0 aromatic carbocycles. The van der Waals surface area contributed by atoms with Gasteiger partial charge in [-0.1, -0.05) is 6.92 Å². The third kappa shape index (κ3) is 2.75. The fourth-order valence-electron chi connectivity index (χ4n) is 1.95. The second-order valence-corrected chi connectivity index (χ2v) is 5.40. The Kier molecular flexibility index (Phi) is 4.21. The molecular weight excluding hydrogens is 236 g/mol. The molecule has 18 heavy (non-hydrogen) atoms. The highest BCUT2D eigenvalue weighted by Gasteiger charge is 2.42. The van der Waals surface area contributed by atoms with Crippen LogP contribution in [-0.4, -0.2) is 63.3 Å². The van der Waals surface area contributed by atoms with Crippen molar-refractivity contribution in [3.63, 3.8) is 0 Å². The lowest BCUT2D eigenvalue weighted by Gasteiger charge is -2.38. The lowest BCUT2D eigenvalue weighted by molar-refractivity contribution is -0.141. The van der Waals surface area contributed by atoms with Crippen molar-refractivity contribution in [1.82, 2.24) is 9.80 Å². The van der Waals surface area contributed by atoms with E-state index < -0.39 is 18.1 Å². The Morgan fingerprint density at radius 1 is 1.44 bits per heavy atom. The molecule has 0 radical (unpaired) electrons. The number of hydrogen-bond donors (Lipinski definition) is 2. The lowest BCUT2D eigenvalue weighted by atomic mass is 10.0. The topological polar surface area (TPSA) is 81.1 Å². The molecule has 6 nitrogen and oxygen atoms in total. The fraction of sp³-hybridized carbons (Fsp3) is 0.833. The third-order valence-corrected chi connectivity index (χ3v) is 3.87. The Morgan fingerprint density at radius 2 is 2.00 bits per heavy atom.